The monoisotopic (exact) mass is 218 g/mol. The summed E-state index contributed by atoms with van der Waals surface area (Å²) in [7, 11) is 0. The summed E-state index contributed by atoms with van der Waals surface area (Å²) < 4.78 is 0. The zero-order valence-electron chi connectivity index (χ0n) is 10.2. The van der Waals surface area contributed by atoms with E-state index in [1.165, 1.54) is 37.1 Å². The van der Waals surface area contributed by atoms with Gasteiger partial charge in [-0.25, -0.2) is 0 Å². The van der Waals surface area contributed by atoms with Crippen molar-refractivity contribution in [3.05, 3.63) is 29.8 Å². The maximum atomic E-state index is 6.14. The van der Waals surface area contributed by atoms with Crippen LogP contribution in [0, 0.1) is 0 Å². The third-order valence-corrected chi connectivity index (χ3v) is 3.42. The molecule has 88 valence electrons. The van der Waals surface area contributed by atoms with Crippen molar-refractivity contribution in [2.75, 3.05) is 18.0 Å². The molecule has 1 aliphatic rings. The Morgan fingerprint density at radius 1 is 1.31 bits per heavy atom. The zero-order chi connectivity index (χ0) is 11.4. The van der Waals surface area contributed by atoms with E-state index in [0.29, 0.717) is 0 Å². The van der Waals surface area contributed by atoms with Gasteiger partial charge in [0.2, 0.25) is 0 Å². The first-order chi connectivity index (χ1) is 7.83. The van der Waals surface area contributed by atoms with Crippen molar-refractivity contribution >= 4 is 5.69 Å². The molecular weight excluding hydrogens is 196 g/mol. The summed E-state index contributed by atoms with van der Waals surface area (Å²) in [5, 5.41) is 0. The highest BCUT2D eigenvalue weighted by Gasteiger charge is 2.21. The van der Waals surface area contributed by atoms with Gasteiger partial charge < -0.3 is 10.6 Å². The molecule has 0 aromatic heterocycles. The fourth-order valence-corrected chi connectivity index (χ4v) is 2.44. The first-order valence-corrected chi connectivity index (χ1v) is 6.42. The van der Waals surface area contributed by atoms with Crippen LogP contribution in [0.3, 0.4) is 0 Å². The van der Waals surface area contributed by atoms with Crippen molar-refractivity contribution < 1.29 is 0 Å². The molecule has 0 bridgehead atoms. The van der Waals surface area contributed by atoms with E-state index in [-0.39, 0.29) is 6.04 Å². The zero-order valence-corrected chi connectivity index (χ0v) is 10.2. The minimum absolute atomic E-state index is 0.235. The van der Waals surface area contributed by atoms with Crippen molar-refractivity contribution in [1.29, 1.82) is 0 Å². The van der Waals surface area contributed by atoms with E-state index in [9.17, 15) is 0 Å². The van der Waals surface area contributed by atoms with E-state index in [2.05, 4.69) is 36.1 Å². The topological polar surface area (TPSA) is 29.3 Å². The predicted octanol–water partition coefficient (Wildman–Crippen LogP) is 3.09. The summed E-state index contributed by atoms with van der Waals surface area (Å²) in [4.78, 5) is 2.49. The Bertz CT molecular complexity index is 335. The van der Waals surface area contributed by atoms with E-state index in [1.54, 1.807) is 0 Å². The summed E-state index contributed by atoms with van der Waals surface area (Å²) >= 11 is 0. The van der Waals surface area contributed by atoms with E-state index in [4.69, 9.17) is 5.73 Å². The van der Waals surface area contributed by atoms with Gasteiger partial charge in [-0.15, -0.1) is 0 Å². The number of fused-ring (bicyclic) bond motifs is 1. The third kappa shape index (κ3) is 2.38. The highest BCUT2D eigenvalue weighted by Crippen LogP contribution is 2.32. The number of benzene rings is 1. The molecule has 0 spiro atoms. The first kappa shape index (κ1) is 11.5. The van der Waals surface area contributed by atoms with Crippen LogP contribution in [0.2, 0.25) is 0 Å². The molecule has 0 amide bonds. The maximum absolute atomic E-state index is 6.14. The van der Waals surface area contributed by atoms with E-state index in [1.807, 2.05) is 0 Å². The van der Waals surface area contributed by atoms with Crippen molar-refractivity contribution in [3.8, 4) is 0 Å². The summed E-state index contributed by atoms with van der Waals surface area (Å²) in [5.41, 5.74) is 8.82. The summed E-state index contributed by atoms with van der Waals surface area (Å²) in [6, 6.07) is 8.82. The number of nitrogens with two attached hydrogens (primary N) is 1. The number of nitrogens with zero attached hydrogens (tertiary/aromatic N) is 1. The lowest BCUT2D eigenvalue weighted by Crippen LogP contribution is -2.34. The van der Waals surface area contributed by atoms with Crippen LogP contribution < -0.4 is 10.6 Å². The van der Waals surface area contributed by atoms with Crippen LogP contribution in [0.25, 0.3) is 0 Å². The Morgan fingerprint density at radius 3 is 2.94 bits per heavy atom. The fourth-order valence-electron chi connectivity index (χ4n) is 2.44. The molecule has 1 aromatic carbocycles. The average molecular weight is 218 g/mol. The summed E-state index contributed by atoms with van der Waals surface area (Å²) in [5.74, 6) is 0. The lowest BCUT2D eigenvalue weighted by molar-refractivity contribution is 0.575. The summed E-state index contributed by atoms with van der Waals surface area (Å²) in [6.07, 6.45) is 4.99. The Hall–Kier alpha value is -1.02. The molecule has 0 saturated heterocycles. The van der Waals surface area contributed by atoms with E-state index in [0.717, 1.165) is 13.0 Å². The first-order valence-electron chi connectivity index (χ1n) is 6.42. The SMILES string of the molecule is CCCCCN1CCC(N)c2ccccc21. The van der Waals surface area contributed by atoms with Gasteiger partial charge in [-0.3, -0.25) is 0 Å². The van der Waals surface area contributed by atoms with Crippen LogP contribution in [0.4, 0.5) is 5.69 Å². The minimum atomic E-state index is 0.235. The molecule has 0 radical (unpaired) electrons. The van der Waals surface area contributed by atoms with Crippen LogP contribution in [-0.2, 0) is 0 Å². The quantitative estimate of drug-likeness (QED) is 0.787. The number of hydrogen-bond acceptors (Lipinski definition) is 2. The van der Waals surface area contributed by atoms with Crippen molar-refractivity contribution in [2.45, 2.75) is 38.6 Å². The molecule has 1 heterocycles. The third-order valence-electron chi connectivity index (χ3n) is 3.42. The van der Waals surface area contributed by atoms with Crippen molar-refractivity contribution in [1.82, 2.24) is 0 Å². The maximum Gasteiger partial charge on any atom is 0.0414 e. The van der Waals surface area contributed by atoms with Crippen LogP contribution in [0.15, 0.2) is 24.3 Å². The van der Waals surface area contributed by atoms with Gasteiger partial charge in [0.05, 0.1) is 0 Å². The van der Waals surface area contributed by atoms with Gasteiger partial charge in [0.25, 0.3) is 0 Å². The molecule has 16 heavy (non-hydrogen) atoms. The second kappa shape index (κ2) is 5.35. The van der Waals surface area contributed by atoms with E-state index < -0.39 is 0 Å². The Morgan fingerprint density at radius 2 is 2.12 bits per heavy atom. The van der Waals surface area contributed by atoms with Gasteiger partial charge in [0, 0.05) is 24.8 Å². The Balaban J connectivity index is 2.09. The van der Waals surface area contributed by atoms with Gasteiger partial charge in [-0.05, 0) is 24.5 Å². The molecule has 1 atom stereocenters. The Kier molecular flexibility index (Phi) is 3.83. The van der Waals surface area contributed by atoms with Gasteiger partial charge in [-0.2, -0.15) is 0 Å². The number of rotatable bonds is 4. The number of anilines is 1. The van der Waals surface area contributed by atoms with E-state index >= 15 is 0 Å². The molecule has 2 nitrogen and oxygen atoms in total. The molecule has 1 aliphatic heterocycles. The molecule has 2 N–H and O–H groups in total. The van der Waals surface area contributed by atoms with Gasteiger partial charge in [0.15, 0.2) is 0 Å². The molecule has 0 aliphatic carbocycles. The lowest BCUT2D eigenvalue weighted by atomic mass is 9.97. The number of hydrogen-bond donors (Lipinski definition) is 1. The molecular formula is C14H22N2. The number of para-hydroxylation sites is 1. The molecule has 0 fully saturated rings. The molecule has 0 saturated carbocycles. The van der Waals surface area contributed by atoms with Gasteiger partial charge >= 0.3 is 0 Å². The molecule has 2 heteroatoms. The molecule has 1 unspecified atom stereocenters. The van der Waals surface area contributed by atoms with Crippen molar-refractivity contribution in [3.63, 3.8) is 0 Å². The minimum Gasteiger partial charge on any atom is -0.371 e. The average Bonchev–Trinajstić information content (AvgIpc) is 2.33. The van der Waals surface area contributed by atoms with Crippen LogP contribution in [0.5, 0.6) is 0 Å². The highest BCUT2D eigenvalue weighted by molar-refractivity contribution is 5.56. The largest absolute Gasteiger partial charge is 0.371 e. The standard InChI is InChI=1S/C14H22N2/c1-2-3-6-10-16-11-9-13(15)12-7-4-5-8-14(12)16/h4-5,7-8,13H,2-3,6,9-11,15H2,1H3. The Labute approximate surface area is 98.4 Å². The number of unbranched alkanes of at least 4 members (excludes halogenated alkanes) is 2. The van der Waals surface area contributed by atoms with Crippen LogP contribution >= 0.6 is 0 Å². The smallest absolute Gasteiger partial charge is 0.0414 e. The predicted molar refractivity (Wildman–Crippen MR) is 69.7 cm³/mol. The van der Waals surface area contributed by atoms with Gasteiger partial charge in [-0.1, -0.05) is 38.0 Å². The van der Waals surface area contributed by atoms with Crippen LogP contribution in [0.1, 0.15) is 44.2 Å². The van der Waals surface area contributed by atoms with Crippen LogP contribution in [-0.4, -0.2) is 13.1 Å². The normalized spacial score (nSPS) is 19.6. The second-order valence-electron chi connectivity index (χ2n) is 4.65. The second-order valence-corrected chi connectivity index (χ2v) is 4.65. The van der Waals surface area contributed by atoms with Crippen molar-refractivity contribution in [2.24, 2.45) is 5.73 Å². The highest BCUT2D eigenvalue weighted by atomic mass is 15.1. The fraction of sp³-hybridized carbons (Fsp3) is 0.571. The summed E-state index contributed by atoms with van der Waals surface area (Å²) in [6.45, 7) is 4.54. The molecule has 1 aromatic rings. The lowest BCUT2D eigenvalue weighted by Gasteiger charge is -2.34. The molecule has 2 rings (SSSR count). The van der Waals surface area contributed by atoms with Gasteiger partial charge in [0.1, 0.15) is 0 Å².